The highest BCUT2D eigenvalue weighted by molar-refractivity contribution is 7.76. The van der Waals surface area contributed by atoms with Crippen LogP contribution in [0.2, 0.25) is 0 Å². The van der Waals surface area contributed by atoms with E-state index in [0.717, 1.165) is 35.4 Å². The molecular weight excluding hydrogens is 580 g/mol. The predicted molar refractivity (Wildman–Crippen MR) is 172 cm³/mol. The molecule has 0 spiro atoms. The summed E-state index contributed by atoms with van der Waals surface area (Å²) in [7, 11) is 6.96. The second-order valence-electron chi connectivity index (χ2n) is 12.4. The van der Waals surface area contributed by atoms with Crippen LogP contribution < -0.4 is 9.64 Å². The van der Waals surface area contributed by atoms with Gasteiger partial charge in [0.25, 0.3) is 5.91 Å². The van der Waals surface area contributed by atoms with E-state index in [4.69, 9.17) is 4.74 Å². The molecule has 238 valence electrons. The van der Waals surface area contributed by atoms with Crippen LogP contribution in [0.15, 0.2) is 42.0 Å². The lowest BCUT2D eigenvalue weighted by atomic mass is 9.73. The van der Waals surface area contributed by atoms with Gasteiger partial charge in [-0.15, -0.1) is 0 Å². The van der Waals surface area contributed by atoms with Crippen LogP contribution in [-0.2, 0) is 16.1 Å². The Hall–Kier alpha value is -3.25. The molecule has 0 saturated heterocycles. The van der Waals surface area contributed by atoms with E-state index >= 15 is 0 Å². The minimum absolute atomic E-state index is 0.0231. The summed E-state index contributed by atoms with van der Waals surface area (Å²) in [4.78, 5) is 32.1. The van der Waals surface area contributed by atoms with E-state index in [1.165, 1.54) is 29.1 Å². The molecule has 1 fully saturated rings. The van der Waals surface area contributed by atoms with E-state index in [1.54, 1.807) is 38.2 Å². The van der Waals surface area contributed by atoms with Crippen molar-refractivity contribution in [2.24, 2.45) is 5.92 Å². The minimum Gasteiger partial charge on any atom is -0.497 e. The van der Waals surface area contributed by atoms with Crippen molar-refractivity contribution in [1.29, 1.82) is 0 Å². The summed E-state index contributed by atoms with van der Waals surface area (Å²) in [5.74, 6) is 0.347. The lowest BCUT2D eigenvalue weighted by Crippen LogP contribution is -2.40. The van der Waals surface area contributed by atoms with Crippen LogP contribution in [0.1, 0.15) is 71.1 Å². The largest absolute Gasteiger partial charge is 0.497 e. The molecule has 3 unspecified atom stereocenters. The van der Waals surface area contributed by atoms with Gasteiger partial charge in [-0.05, 0) is 72.8 Å². The molecule has 2 heterocycles. The van der Waals surface area contributed by atoms with Gasteiger partial charge in [-0.1, -0.05) is 31.4 Å². The van der Waals surface area contributed by atoms with Crippen molar-refractivity contribution < 1.29 is 28.2 Å². The molecule has 44 heavy (non-hydrogen) atoms. The fourth-order valence-corrected chi connectivity index (χ4v) is 7.30. The predicted octanol–water partition coefficient (Wildman–Crippen LogP) is 4.47. The van der Waals surface area contributed by atoms with E-state index in [9.17, 15) is 23.5 Å². The molecule has 0 bridgehead atoms. The van der Waals surface area contributed by atoms with Gasteiger partial charge in [0, 0.05) is 64.0 Å². The molecule has 2 N–H and O–H groups in total. The zero-order chi connectivity index (χ0) is 31.5. The van der Waals surface area contributed by atoms with Gasteiger partial charge in [0.05, 0.1) is 18.7 Å². The number of carboxylic acids is 1. The van der Waals surface area contributed by atoms with Crippen molar-refractivity contribution in [3.05, 3.63) is 64.2 Å². The average molecular weight is 625 g/mol. The number of hydrogen-bond acceptors (Lipinski definition) is 6. The number of aromatic carboxylic acids is 1. The average Bonchev–Trinajstić information content (AvgIpc) is 3.24. The Morgan fingerprint density at radius 3 is 2.36 bits per heavy atom. The maximum atomic E-state index is 14.0. The second-order valence-corrected chi connectivity index (χ2v) is 13.4. The standard InChI is InChI=1S/C33H44N4O6S/c1-34(15-17-36(3)44(41)42)14-16-35(2)32(38)25-18-24-19-26(43-4)11-13-27(24)31-30(22-8-6-5-7-9-22)28-12-10-23(33(39)40)20-29(28)37(31)21-25/h10-13,18-20,22,30-31H,5-9,14-17,21H2,1-4H3,(H,39,40)(H,41,42). The van der Waals surface area contributed by atoms with E-state index in [-0.39, 0.29) is 23.4 Å². The number of amides is 1. The van der Waals surface area contributed by atoms with Gasteiger partial charge in [0.1, 0.15) is 5.75 Å². The number of fused-ring (bicyclic) bond motifs is 5. The van der Waals surface area contributed by atoms with Crippen LogP contribution in [-0.4, -0.2) is 101 Å². The maximum Gasteiger partial charge on any atom is 0.335 e. The first-order valence-electron chi connectivity index (χ1n) is 15.4. The zero-order valence-electron chi connectivity index (χ0n) is 26.1. The summed E-state index contributed by atoms with van der Waals surface area (Å²) in [6.45, 7) is 2.47. The number of ether oxygens (including phenoxy) is 1. The molecule has 3 atom stereocenters. The number of nitrogens with zero attached hydrogens (tertiary/aromatic N) is 4. The number of benzene rings is 2. The summed E-state index contributed by atoms with van der Waals surface area (Å²) in [5, 5.41) is 9.87. The van der Waals surface area contributed by atoms with Gasteiger partial charge in [0.15, 0.2) is 0 Å². The fourth-order valence-electron chi connectivity index (χ4n) is 7.06. The molecular formula is C33H44N4O6S. The number of hydrogen-bond donors (Lipinski definition) is 2. The first kappa shape index (κ1) is 32.2. The van der Waals surface area contributed by atoms with Gasteiger partial charge >= 0.3 is 5.97 Å². The summed E-state index contributed by atoms with van der Waals surface area (Å²) >= 11 is -2.01. The van der Waals surface area contributed by atoms with Crippen LogP contribution >= 0.6 is 0 Å². The summed E-state index contributed by atoms with van der Waals surface area (Å²) in [6.07, 6.45) is 7.90. The Balaban J connectivity index is 1.47. The monoisotopic (exact) mass is 624 g/mol. The summed E-state index contributed by atoms with van der Waals surface area (Å²) < 4.78 is 27.4. The van der Waals surface area contributed by atoms with E-state index in [2.05, 4.69) is 11.0 Å². The van der Waals surface area contributed by atoms with E-state index in [1.807, 2.05) is 36.2 Å². The Kier molecular flexibility index (Phi) is 10.1. The Bertz CT molecular complexity index is 1440. The summed E-state index contributed by atoms with van der Waals surface area (Å²) in [5.41, 5.74) is 5.05. The molecule has 1 saturated carbocycles. The molecule has 1 aliphatic carbocycles. The van der Waals surface area contributed by atoms with Gasteiger partial charge in [-0.25, -0.2) is 13.3 Å². The fraction of sp³-hybridized carbons (Fsp3) is 0.515. The van der Waals surface area contributed by atoms with Crippen molar-refractivity contribution in [2.75, 3.05) is 65.9 Å². The first-order chi connectivity index (χ1) is 21.1. The highest BCUT2D eigenvalue weighted by atomic mass is 32.2. The molecule has 1 amide bonds. The van der Waals surface area contributed by atoms with Gasteiger partial charge in [-0.2, -0.15) is 0 Å². The van der Waals surface area contributed by atoms with Gasteiger partial charge in [0.2, 0.25) is 11.3 Å². The number of rotatable bonds is 11. The molecule has 3 aliphatic rings. The molecule has 2 aliphatic heterocycles. The maximum absolute atomic E-state index is 14.0. The highest BCUT2D eigenvalue weighted by Gasteiger charge is 2.46. The normalized spacial score (nSPS) is 20.4. The molecule has 5 rings (SSSR count). The quantitative estimate of drug-likeness (QED) is 0.352. The molecule has 10 nitrogen and oxygen atoms in total. The van der Waals surface area contributed by atoms with Crippen LogP contribution in [0.25, 0.3) is 6.08 Å². The number of carbonyl (C=O) groups excluding carboxylic acids is 1. The Labute approximate surface area is 262 Å². The van der Waals surface area contributed by atoms with Crippen molar-refractivity contribution in [3.63, 3.8) is 0 Å². The van der Waals surface area contributed by atoms with Crippen molar-refractivity contribution in [2.45, 2.75) is 44.1 Å². The topological polar surface area (TPSA) is 114 Å². The van der Waals surface area contributed by atoms with E-state index < -0.39 is 17.2 Å². The van der Waals surface area contributed by atoms with Crippen molar-refractivity contribution >= 4 is 34.9 Å². The van der Waals surface area contributed by atoms with E-state index in [0.29, 0.717) is 44.2 Å². The van der Waals surface area contributed by atoms with Crippen LogP contribution in [0.3, 0.4) is 0 Å². The molecule has 11 heteroatoms. The lowest BCUT2D eigenvalue weighted by molar-refractivity contribution is -0.126. The SMILES string of the molecule is COc1ccc2c(c1)C=C(C(=O)N(C)CCN(C)CCN(C)S(=O)O)CN1c3cc(C(=O)O)ccc3C(C3CCCCC3)C21. The summed E-state index contributed by atoms with van der Waals surface area (Å²) in [6, 6.07) is 11.6. The third kappa shape index (κ3) is 6.71. The Morgan fingerprint density at radius 2 is 1.68 bits per heavy atom. The molecule has 2 aromatic carbocycles. The number of likely N-dealkylation sites (N-methyl/N-ethyl adjacent to an activating group) is 3. The molecule has 0 aromatic heterocycles. The van der Waals surface area contributed by atoms with Crippen molar-refractivity contribution in [3.8, 4) is 5.75 Å². The first-order valence-corrected chi connectivity index (χ1v) is 16.4. The second kappa shape index (κ2) is 13.8. The van der Waals surface area contributed by atoms with Gasteiger partial charge in [-0.3, -0.25) is 9.35 Å². The Morgan fingerprint density at radius 1 is 0.977 bits per heavy atom. The number of anilines is 1. The smallest absolute Gasteiger partial charge is 0.335 e. The van der Waals surface area contributed by atoms with Crippen LogP contribution in [0.4, 0.5) is 5.69 Å². The third-order valence-electron chi connectivity index (χ3n) is 9.56. The zero-order valence-corrected chi connectivity index (χ0v) is 26.9. The number of methoxy groups -OCH3 is 1. The van der Waals surface area contributed by atoms with Crippen molar-refractivity contribution in [1.82, 2.24) is 14.1 Å². The van der Waals surface area contributed by atoms with Gasteiger partial charge < -0.3 is 24.5 Å². The molecule has 0 radical (unpaired) electrons. The minimum atomic E-state index is -2.01. The number of carbonyl (C=O) groups is 2. The van der Waals surface area contributed by atoms with Crippen LogP contribution in [0.5, 0.6) is 5.75 Å². The third-order valence-corrected chi connectivity index (χ3v) is 10.3. The highest BCUT2D eigenvalue weighted by Crippen LogP contribution is 2.57. The molecule has 2 aromatic rings. The van der Waals surface area contributed by atoms with Crippen LogP contribution in [0, 0.1) is 5.92 Å². The lowest BCUT2D eigenvalue weighted by Gasteiger charge is -2.36. The number of carboxylic acid groups (broad SMARTS) is 1.